The number of aryl methyl sites for hydroxylation is 2. The third kappa shape index (κ3) is 13.4. The molecule has 2 heterocycles. The third-order valence-electron chi connectivity index (χ3n) is 7.71. The SMILES string of the molecule is CN(C)c1ccc(/C=C/c2cccc[n+]2CCCOC(=O)CSSCC(=O)OCCC[n+]2ccccc2/C=C/c2ccc(N(C)C)cc2)cc1. The molecule has 0 aliphatic carbocycles. The molecule has 4 rings (SSSR count). The molecule has 0 aliphatic rings. The Hall–Kier alpha value is -4.54. The van der Waals surface area contributed by atoms with Crippen LogP contribution in [-0.2, 0) is 32.2 Å². The van der Waals surface area contributed by atoms with Crippen LogP contribution in [0.5, 0.6) is 0 Å². The molecule has 0 N–H and O–H groups in total. The zero-order chi connectivity index (χ0) is 35.6. The second-order valence-corrected chi connectivity index (χ2v) is 14.4. The Morgan fingerprint density at radius 1 is 0.580 bits per heavy atom. The molecule has 0 fully saturated rings. The lowest BCUT2D eigenvalue weighted by Gasteiger charge is -2.11. The predicted molar refractivity (Wildman–Crippen MR) is 209 cm³/mol. The highest BCUT2D eigenvalue weighted by Crippen LogP contribution is 2.21. The van der Waals surface area contributed by atoms with Crippen LogP contribution < -0.4 is 18.9 Å². The summed E-state index contributed by atoms with van der Waals surface area (Å²) in [6.07, 6.45) is 13.9. The predicted octanol–water partition coefficient (Wildman–Crippen LogP) is 6.68. The third-order valence-corrected chi connectivity index (χ3v) is 9.79. The van der Waals surface area contributed by atoms with Gasteiger partial charge in [0, 0.05) is 88.8 Å². The number of ether oxygens (including phenoxy) is 2. The Morgan fingerprint density at radius 3 is 1.36 bits per heavy atom. The molecule has 8 nitrogen and oxygen atoms in total. The largest absolute Gasteiger partial charge is 0.465 e. The molecule has 2 aromatic heterocycles. The molecule has 0 saturated carbocycles. The molecular weight excluding hydrogens is 665 g/mol. The molecule has 4 aromatic rings. The number of rotatable bonds is 19. The summed E-state index contributed by atoms with van der Waals surface area (Å²) in [6.45, 7) is 2.13. The number of anilines is 2. The summed E-state index contributed by atoms with van der Waals surface area (Å²) >= 11 is 0. The molecule has 0 atom stereocenters. The summed E-state index contributed by atoms with van der Waals surface area (Å²) in [7, 11) is 10.7. The first-order chi connectivity index (χ1) is 24.3. The Labute approximate surface area is 304 Å². The monoisotopic (exact) mass is 712 g/mol. The number of aromatic nitrogens is 2. The maximum atomic E-state index is 12.2. The molecule has 0 radical (unpaired) electrons. The van der Waals surface area contributed by atoms with Crippen LogP contribution in [0.4, 0.5) is 11.4 Å². The summed E-state index contributed by atoms with van der Waals surface area (Å²) < 4.78 is 15.1. The van der Waals surface area contributed by atoms with Crippen molar-refractivity contribution in [3.63, 3.8) is 0 Å². The summed E-state index contributed by atoms with van der Waals surface area (Å²) in [5.74, 6) is -0.216. The number of hydrogen-bond acceptors (Lipinski definition) is 8. The number of carbonyl (C=O) groups is 2. The lowest BCUT2D eigenvalue weighted by molar-refractivity contribution is -0.699. The van der Waals surface area contributed by atoms with Gasteiger partial charge in [-0.25, -0.2) is 0 Å². The Balaban J connectivity index is 1.07. The molecule has 0 aliphatic heterocycles. The second-order valence-electron chi connectivity index (χ2n) is 11.9. The van der Waals surface area contributed by atoms with Crippen LogP contribution in [0.1, 0.15) is 35.4 Å². The molecule has 50 heavy (non-hydrogen) atoms. The van der Waals surface area contributed by atoms with Crippen LogP contribution in [0.2, 0.25) is 0 Å². The average molecular weight is 713 g/mol. The lowest BCUT2D eigenvalue weighted by atomic mass is 10.1. The van der Waals surface area contributed by atoms with Crippen molar-refractivity contribution in [1.82, 2.24) is 0 Å². The first-order valence-electron chi connectivity index (χ1n) is 16.7. The van der Waals surface area contributed by atoms with Gasteiger partial charge in [0.05, 0.1) is 13.2 Å². The topological polar surface area (TPSA) is 66.8 Å². The minimum atomic E-state index is -0.287. The maximum absolute atomic E-state index is 12.2. The van der Waals surface area contributed by atoms with Crippen molar-refractivity contribution < 1.29 is 28.2 Å². The molecular formula is C40H48N4O4S2+2. The first kappa shape index (κ1) is 38.3. The number of hydrogen-bond donors (Lipinski definition) is 0. The summed E-state index contributed by atoms with van der Waals surface area (Å²) in [6, 6.07) is 29.0. The normalized spacial score (nSPS) is 11.2. The highest BCUT2D eigenvalue weighted by molar-refractivity contribution is 8.77. The van der Waals surface area contributed by atoms with E-state index in [1.54, 1.807) is 0 Å². The number of esters is 2. The van der Waals surface area contributed by atoms with Gasteiger partial charge in [0.2, 0.25) is 11.4 Å². The smallest absolute Gasteiger partial charge is 0.316 e. The molecule has 10 heteroatoms. The fourth-order valence-corrected chi connectivity index (χ4v) is 6.53. The van der Waals surface area contributed by atoms with E-state index in [0.717, 1.165) is 47.0 Å². The summed E-state index contributed by atoms with van der Waals surface area (Å²) in [4.78, 5) is 28.6. The van der Waals surface area contributed by atoms with Gasteiger partial charge >= 0.3 is 11.9 Å². The highest BCUT2D eigenvalue weighted by Gasteiger charge is 2.11. The van der Waals surface area contributed by atoms with E-state index in [1.807, 2.05) is 64.8 Å². The van der Waals surface area contributed by atoms with Crippen LogP contribution in [0.25, 0.3) is 24.3 Å². The molecule has 262 valence electrons. The molecule has 0 bridgehead atoms. The van der Waals surface area contributed by atoms with Crippen molar-refractivity contribution >= 4 is 69.2 Å². The minimum Gasteiger partial charge on any atom is -0.465 e. The van der Waals surface area contributed by atoms with Crippen LogP contribution in [0.3, 0.4) is 0 Å². The quantitative estimate of drug-likeness (QED) is 0.0462. The fourth-order valence-electron chi connectivity index (χ4n) is 4.92. The van der Waals surface area contributed by atoms with E-state index in [9.17, 15) is 9.59 Å². The fraction of sp³-hybridized carbons (Fsp3) is 0.300. The standard InChI is InChI=1S/C40H48N4O4S2/c1-41(2)35-19-13-33(14-20-35)17-23-37-11-5-7-25-43(37)27-9-29-47-39(45)31-49-50-32-40(46)48-30-10-28-44-26-8-6-12-38(44)24-18-34-15-21-36(22-16-34)42(3)4/h5-8,11-26H,9-10,27-32H2,1-4H3/q+2. The van der Waals surface area contributed by atoms with Crippen LogP contribution in [0.15, 0.2) is 97.3 Å². The maximum Gasteiger partial charge on any atom is 0.316 e. The van der Waals surface area contributed by atoms with E-state index >= 15 is 0 Å². The number of pyridine rings is 2. The summed E-state index contributed by atoms with van der Waals surface area (Å²) in [5, 5.41) is 0. The lowest BCUT2D eigenvalue weighted by Crippen LogP contribution is -2.37. The van der Waals surface area contributed by atoms with Gasteiger partial charge in [-0.3, -0.25) is 9.59 Å². The van der Waals surface area contributed by atoms with Crippen molar-refractivity contribution in [2.45, 2.75) is 25.9 Å². The highest BCUT2D eigenvalue weighted by atomic mass is 33.1. The number of nitrogens with zero attached hydrogens (tertiary/aromatic N) is 4. The molecule has 0 spiro atoms. The second kappa shape index (κ2) is 20.9. The van der Waals surface area contributed by atoms with Crippen molar-refractivity contribution in [1.29, 1.82) is 0 Å². The van der Waals surface area contributed by atoms with Crippen LogP contribution in [0, 0.1) is 0 Å². The summed E-state index contributed by atoms with van der Waals surface area (Å²) in [5.41, 5.74) is 6.74. The van der Waals surface area contributed by atoms with E-state index in [2.05, 4.69) is 104 Å². The van der Waals surface area contributed by atoms with Crippen LogP contribution >= 0.6 is 21.6 Å². The Bertz CT molecular complexity index is 1580. The van der Waals surface area contributed by atoms with Crippen molar-refractivity contribution in [3.8, 4) is 0 Å². The van der Waals surface area contributed by atoms with Gasteiger partial charge in [0.1, 0.15) is 11.5 Å². The van der Waals surface area contributed by atoms with Gasteiger partial charge in [-0.2, -0.15) is 9.13 Å². The van der Waals surface area contributed by atoms with Crippen molar-refractivity contribution in [2.75, 3.05) is 62.7 Å². The molecule has 0 amide bonds. The van der Waals surface area contributed by atoms with Gasteiger partial charge in [-0.15, -0.1) is 0 Å². The van der Waals surface area contributed by atoms with E-state index in [1.165, 1.54) is 21.6 Å². The van der Waals surface area contributed by atoms with E-state index in [0.29, 0.717) is 26.1 Å². The van der Waals surface area contributed by atoms with Gasteiger partial charge in [-0.05, 0) is 59.7 Å². The zero-order valence-corrected chi connectivity index (χ0v) is 31.1. The number of carbonyl (C=O) groups excluding carboxylic acids is 2. The van der Waals surface area contributed by atoms with Crippen LogP contribution in [-0.4, -0.2) is 64.8 Å². The van der Waals surface area contributed by atoms with E-state index in [-0.39, 0.29) is 23.4 Å². The minimum absolute atomic E-state index is 0.178. The van der Waals surface area contributed by atoms with Gasteiger partial charge in [-0.1, -0.05) is 45.9 Å². The van der Waals surface area contributed by atoms with Gasteiger partial charge in [0.15, 0.2) is 25.5 Å². The van der Waals surface area contributed by atoms with E-state index in [4.69, 9.17) is 9.47 Å². The molecule has 0 unspecified atom stereocenters. The van der Waals surface area contributed by atoms with Gasteiger partial charge in [0.25, 0.3) is 0 Å². The molecule has 2 aromatic carbocycles. The molecule has 0 saturated heterocycles. The number of benzene rings is 2. The Morgan fingerprint density at radius 2 is 0.980 bits per heavy atom. The first-order valence-corrected chi connectivity index (χ1v) is 19.2. The van der Waals surface area contributed by atoms with Gasteiger partial charge < -0.3 is 19.3 Å². The Kier molecular flexibility index (Phi) is 16.0. The van der Waals surface area contributed by atoms with E-state index < -0.39 is 0 Å². The van der Waals surface area contributed by atoms with Crippen molar-refractivity contribution in [3.05, 3.63) is 120 Å². The van der Waals surface area contributed by atoms with Crippen molar-refractivity contribution in [2.24, 2.45) is 0 Å². The average Bonchev–Trinajstić information content (AvgIpc) is 3.13. The zero-order valence-electron chi connectivity index (χ0n) is 29.4.